The predicted octanol–water partition coefficient (Wildman–Crippen LogP) is 5.44. The van der Waals surface area contributed by atoms with Crippen LogP contribution in [-0.4, -0.2) is 13.6 Å². The average molecular weight is 339 g/mol. The molecule has 0 N–H and O–H groups in total. The Bertz CT molecular complexity index is 752. The summed E-state index contributed by atoms with van der Waals surface area (Å²) in [5, 5.41) is 0. The van der Waals surface area contributed by atoms with Gasteiger partial charge in [0.15, 0.2) is 0 Å². The maximum absolute atomic E-state index is 14.5. The van der Waals surface area contributed by atoms with Gasteiger partial charge >= 0.3 is 0 Å². The molecule has 1 aliphatic carbocycles. The number of rotatable bonds is 4. The van der Waals surface area contributed by atoms with E-state index in [9.17, 15) is 4.39 Å². The van der Waals surface area contributed by atoms with E-state index in [-0.39, 0.29) is 12.4 Å². The molecule has 3 heteroatoms. The van der Waals surface area contributed by atoms with Crippen molar-refractivity contribution in [1.82, 2.24) is 0 Å². The summed E-state index contributed by atoms with van der Waals surface area (Å²) in [5.41, 5.74) is 4.38. The third-order valence-corrected chi connectivity index (χ3v) is 5.73. The van der Waals surface area contributed by atoms with E-state index in [1.165, 1.54) is 43.4 Å². The molecule has 1 aliphatic heterocycles. The number of halogens is 1. The third-order valence-electron chi connectivity index (χ3n) is 5.73. The van der Waals surface area contributed by atoms with Crippen molar-refractivity contribution in [2.75, 3.05) is 18.5 Å². The van der Waals surface area contributed by atoms with Crippen molar-refractivity contribution < 1.29 is 9.13 Å². The Morgan fingerprint density at radius 3 is 2.72 bits per heavy atom. The quantitative estimate of drug-likeness (QED) is 0.735. The molecule has 4 rings (SSSR count). The molecule has 0 spiro atoms. The predicted molar refractivity (Wildman–Crippen MR) is 100.0 cm³/mol. The number of hydrogen-bond donors (Lipinski definition) is 0. The SMILES string of the molecule is CN1CCc2cc(OCc3ccc(C4CCCCC4)cc3F)ccc21. The summed E-state index contributed by atoms with van der Waals surface area (Å²) in [6, 6.07) is 11.9. The minimum absolute atomic E-state index is 0.135. The Morgan fingerprint density at radius 2 is 1.92 bits per heavy atom. The number of nitrogens with zero attached hydrogens (tertiary/aromatic N) is 1. The number of anilines is 1. The summed E-state index contributed by atoms with van der Waals surface area (Å²) in [5.74, 6) is 1.22. The van der Waals surface area contributed by atoms with Crippen LogP contribution < -0.4 is 9.64 Å². The van der Waals surface area contributed by atoms with E-state index in [0.29, 0.717) is 11.5 Å². The topological polar surface area (TPSA) is 12.5 Å². The van der Waals surface area contributed by atoms with Crippen LogP contribution in [-0.2, 0) is 13.0 Å². The number of hydrogen-bond acceptors (Lipinski definition) is 2. The molecule has 132 valence electrons. The van der Waals surface area contributed by atoms with Crippen molar-refractivity contribution in [2.24, 2.45) is 0 Å². The number of fused-ring (bicyclic) bond motifs is 1. The maximum Gasteiger partial charge on any atom is 0.130 e. The van der Waals surface area contributed by atoms with Gasteiger partial charge in [-0.05, 0) is 60.6 Å². The fraction of sp³-hybridized carbons (Fsp3) is 0.455. The van der Waals surface area contributed by atoms with Gasteiger partial charge in [0.2, 0.25) is 0 Å². The van der Waals surface area contributed by atoms with E-state index in [2.05, 4.69) is 30.1 Å². The molecule has 0 aromatic heterocycles. The molecule has 1 heterocycles. The van der Waals surface area contributed by atoms with E-state index in [0.717, 1.165) is 24.3 Å². The minimum atomic E-state index is -0.135. The van der Waals surface area contributed by atoms with Crippen LogP contribution in [0.15, 0.2) is 36.4 Å². The normalized spacial score (nSPS) is 17.6. The van der Waals surface area contributed by atoms with Gasteiger partial charge in [-0.3, -0.25) is 0 Å². The smallest absolute Gasteiger partial charge is 0.130 e. The number of ether oxygens (including phenoxy) is 1. The third kappa shape index (κ3) is 3.51. The van der Waals surface area contributed by atoms with E-state index in [1.54, 1.807) is 6.07 Å². The van der Waals surface area contributed by atoms with Crippen molar-refractivity contribution in [2.45, 2.75) is 51.0 Å². The van der Waals surface area contributed by atoms with Crippen LogP contribution >= 0.6 is 0 Å². The Balaban J connectivity index is 1.43. The second-order valence-corrected chi connectivity index (χ2v) is 7.44. The lowest BCUT2D eigenvalue weighted by atomic mass is 9.84. The molecule has 2 aromatic rings. The molecule has 2 aliphatic rings. The van der Waals surface area contributed by atoms with Gasteiger partial charge < -0.3 is 9.64 Å². The second kappa shape index (κ2) is 7.07. The van der Waals surface area contributed by atoms with Gasteiger partial charge in [-0.15, -0.1) is 0 Å². The van der Waals surface area contributed by atoms with Gasteiger partial charge in [-0.2, -0.15) is 0 Å². The summed E-state index contributed by atoms with van der Waals surface area (Å²) in [6.07, 6.45) is 7.29. The molecule has 0 radical (unpaired) electrons. The molecule has 0 bridgehead atoms. The van der Waals surface area contributed by atoms with E-state index in [4.69, 9.17) is 4.74 Å². The van der Waals surface area contributed by atoms with Gasteiger partial charge in [0.1, 0.15) is 18.2 Å². The Morgan fingerprint density at radius 1 is 1.08 bits per heavy atom. The first kappa shape index (κ1) is 16.4. The van der Waals surface area contributed by atoms with Gasteiger partial charge in [-0.25, -0.2) is 4.39 Å². The molecule has 25 heavy (non-hydrogen) atoms. The van der Waals surface area contributed by atoms with Crippen LogP contribution in [0.2, 0.25) is 0 Å². The summed E-state index contributed by atoms with van der Waals surface area (Å²) >= 11 is 0. The lowest BCUT2D eigenvalue weighted by Gasteiger charge is -2.22. The molecule has 0 unspecified atom stereocenters. The largest absolute Gasteiger partial charge is 0.489 e. The molecule has 1 fully saturated rings. The summed E-state index contributed by atoms with van der Waals surface area (Å²) in [7, 11) is 2.11. The summed E-state index contributed by atoms with van der Waals surface area (Å²) < 4.78 is 20.4. The standard InChI is InChI=1S/C22H26FNO/c1-24-12-11-18-13-20(9-10-22(18)24)25-15-19-8-7-17(14-21(19)23)16-5-3-2-4-6-16/h7-10,13-14,16H,2-6,11-12,15H2,1H3. The minimum Gasteiger partial charge on any atom is -0.489 e. The van der Waals surface area contributed by atoms with Crippen LogP contribution in [0.25, 0.3) is 0 Å². The van der Waals surface area contributed by atoms with Crippen molar-refractivity contribution in [1.29, 1.82) is 0 Å². The van der Waals surface area contributed by atoms with Crippen molar-refractivity contribution in [3.05, 3.63) is 58.9 Å². The van der Waals surface area contributed by atoms with Crippen LogP contribution in [0.3, 0.4) is 0 Å². The monoisotopic (exact) mass is 339 g/mol. The van der Waals surface area contributed by atoms with Crippen LogP contribution in [0.1, 0.15) is 54.7 Å². The molecular formula is C22H26FNO. The maximum atomic E-state index is 14.5. The Hall–Kier alpha value is -2.03. The Kier molecular flexibility index (Phi) is 4.65. The highest BCUT2D eigenvalue weighted by atomic mass is 19.1. The average Bonchev–Trinajstić information content (AvgIpc) is 3.02. The number of benzene rings is 2. The van der Waals surface area contributed by atoms with Crippen molar-refractivity contribution in [3.63, 3.8) is 0 Å². The van der Waals surface area contributed by atoms with Gasteiger partial charge in [0.25, 0.3) is 0 Å². The highest BCUT2D eigenvalue weighted by Gasteiger charge is 2.18. The van der Waals surface area contributed by atoms with Gasteiger partial charge in [0.05, 0.1) is 0 Å². The molecule has 1 saturated carbocycles. The van der Waals surface area contributed by atoms with Gasteiger partial charge in [0, 0.05) is 24.8 Å². The van der Waals surface area contributed by atoms with Crippen molar-refractivity contribution in [3.8, 4) is 5.75 Å². The molecule has 0 atom stereocenters. The zero-order chi connectivity index (χ0) is 17.2. The van der Waals surface area contributed by atoms with E-state index >= 15 is 0 Å². The fourth-order valence-electron chi connectivity index (χ4n) is 4.16. The zero-order valence-corrected chi connectivity index (χ0v) is 14.9. The van der Waals surface area contributed by atoms with Crippen molar-refractivity contribution >= 4 is 5.69 Å². The first-order chi connectivity index (χ1) is 12.2. The molecule has 0 saturated heterocycles. The summed E-state index contributed by atoms with van der Waals surface area (Å²) in [6.45, 7) is 1.33. The van der Waals surface area contributed by atoms with Crippen LogP contribution in [0, 0.1) is 5.82 Å². The highest BCUT2D eigenvalue weighted by Crippen LogP contribution is 2.34. The van der Waals surface area contributed by atoms with Crippen LogP contribution in [0.5, 0.6) is 5.75 Å². The lowest BCUT2D eigenvalue weighted by Crippen LogP contribution is -2.12. The van der Waals surface area contributed by atoms with Crippen LogP contribution in [0.4, 0.5) is 10.1 Å². The molecule has 2 aromatic carbocycles. The second-order valence-electron chi connectivity index (χ2n) is 7.44. The highest BCUT2D eigenvalue weighted by molar-refractivity contribution is 5.59. The van der Waals surface area contributed by atoms with Gasteiger partial charge in [-0.1, -0.05) is 31.4 Å². The fourth-order valence-corrected chi connectivity index (χ4v) is 4.16. The molecule has 2 nitrogen and oxygen atoms in total. The first-order valence-corrected chi connectivity index (χ1v) is 9.46. The van der Waals surface area contributed by atoms with E-state index in [1.807, 2.05) is 12.1 Å². The first-order valence-electron chi connectivity index (χ1n) is 9.46. The summed E-state index contributed by atoms with van der Waals surface area (Å²) in [4.78, 5) is 2.25. The zero-order valence-electron chi connectivity index (χ0n) is 14.9. The molecule has 0 amide bonds. The number of likely N-dealkylation sites (N-methyl/N-ethyl adjacent to an activating group) is 1. The Labute approximate surface area is 149 Å². The lowest BCUT2D eigenvalue weighted by molar-refractivity contribution is 0.299. The van der Waals surface area contributed by atoms with E-state index < -0.39 is 0 Å². The molecular weight excluding hydrogens is 313 g/mol.